The van der Waals surface area contributed by atoms with E-state index in [4.69, 9.17) is 11.6 Å². The SMILES string of the molecule is COC(=O)c1cnc(C2CCCN(C)C2)nc1Cl. The predicted molar refractivity (Wildman–Crippen MR) is 67.9 cm³/mol. The van der Waals surface area contributed by atoms with Gasteiger partial charge < -0.3 is 9.64 Å². The molecule has 0 N–H and O–H groups in total. The number of likely N-dealkylation sites (tertiary alicyclic amines) is 1. The summed E-state index contributed by atoms with van der Waals surface area (Å²) in [5, 5.41) is 0.167. The maximum absolute atomic E-state index is 11.4. The van der Waals surface area contributed by atoms with E-state index in [2.05, 4.69) is 26.7 Å². The maximum atomic E-state index is 11.4. The number of likely N-dealkylation sites (N-methyl/N-ethyl adjacent to an activating group) is 1. The highest BCUT2D eigenvalue weighted by atomic mass is 35.5. The lowest BCUT2D eigenvalue weighted by atomic mass is 9.97. The second-order valence-electron chi connectivity index (χ2n) is 4.53. The fourth-order valence-electron chi connectivity index (χ4n) is 2.19. The van der Waals surface area contributed by atoms with Gasteiger partial charge in [0.25, 0.3) is 0 Å². The van der Waals surface area contributed by atoms with Crippen LogP contribution >= 0.6 is 11.6 Å². The molecule has 1 aliphatic rings. The van der Waals surface area contributed by atoms with Crippen molar-refractivity contribution < 1.29 is 9.53 Å². The van der Waals surface area contributed by atoms with Gasteiger partial charge in [-0.2, -0.15) is 0 Å². The quantitative estimate of drug-likeness (QED) is 0.604. The third-order valence-electron chi connectivity index (χ3n) is 3.16. The van der Waals surface area contributed by atoms with Crippen molar-refractivity contribution in [2.45, 2.75) is 18.8 Å². The first-order valence-corrected chi connectivity index (χ1v) is 6.29. The zero-order chi connectivity index (χ0) is 13.1. The number of esters is 1. The van der Waals surface area contributed by atoms with Gasteiger partial charge >= 0.3 is 5.97 Å². The molecule has 2 rings (SSSR count). The van der Waals surface area contributed by atoms with E-state index in [-0.39, 0.29) is 16.6 Å². The van der Waals surface area contributed by atoms with Crippen LogP contribution in [0.25, 0.3) is 0 Å². The molecule has 0 amide bonds. The molecule has 2 heterocycles. The minimum absolute atomic E-state index is 0.167. The Kier molecular flexibility index (Phi) is 4.14. The minimum Gasteiger partial charge on any atom is -0.465 e. The number of methoxy groups -OCH3 is 1. The first-order chi connectivity index (χ1) is 8.61. The number of halogens is 1. The van der Waals surface area contributed by atoms with Gasteiger partial charge in [0.1, 0.15) is 16.5 Å². The van der Waals surface area contributed by atoms with E-state index in [1.807, 2.05) is 0 Å². The van der Waals surface area contributed by atoms with Crippen molar-refractivity contribution >= 4 is 17.6 Å². The molecule has 18 heavy (non-hydrogen) atoms. The highest BCUT2D eigenvalue weighted by Gasteiger charge is 2.23. The summed E-state index contributed by atoms with van der Waals surface area (Å²) in [7, 11) is 3.39. The van der Waals surface area contributed by atoms with E-state index < -0.39 is 5.97 Å². The Balaban J connectivity index is 2.20. The summed E-state index contributed by atoms with van der Waals surface area (Å²) in [5.41, 5.74) is 0.215. The summed E-state index contributed by atoms with van der Waals surface area (Å²) in [6.45, 7) is 2.03. The van der Waals surface area contributed by atoms with Crippen LogP contribution in [0.1, 0.15) is 34.9 Å². The van der Waals surface area contributed by atoms with E-state index in [1.54, 1.807) is 0 Å². The van der Waals surface area contributed by atoms with E-state index in [0.29, 0.717) is 5.82 Å². The van der Waals surface area contributed by atoms with E-state index in [0.717, 1.165) is 25.9 Å². The Hall–Kier alpha value is -1.20. The fraction of sp³-hybridized carbons (Fsp3) is 0.583. The van der Waals surface area contributed by atoms with Gasteiger partial charge in [0.05, 0.1) is 7.11 Å². The van der Waals surface area contributed by atoms with Crippen LogP contribution in [0.5, 0.6) is 0 Å². The van der Waals surface area contributed by atoms with Gasteiger partial charge in [-0.25, -0.2) is 14.8 Å². The Labute approximate surface area is 111 Å². The molecule has 1 aliphatic heterocycles. The largest absolute Gasteiger partial charge is 0.465 e. The molecule has 5 nitrogen and oxygen atoms in total. The molecule has 0 aliphatic carbocycles. The van der Waals surface area contributed by atoms with Crippen molar-refractivity contribution in [2.24, 2.45) is 0 Å². The third kappa shape index (κ3) is 2.79. The highest BCUT2D eigenvalue weighted by Crippen LogP contribution is 2.25. The van der Waals surface area contributed by atoms with Crippen LogP contribution in [0.3, 0.4) is 0 Å². The molecule has 1 fully saturated rings. The van der Waals surface area contributed by atoms with Crippen molar-refractivity contribution in [2.75, 3.05) is 27.2 Å². The van der Waals surface area contributed by atoms with Crippen LogP contribution in [0, 0.1) is 0 Å². The zero-order valence-corrected chi connectivity index (χ0v) is 11.3. The number of nitrogens with zero attached hydrogens (tertiary/aromatic N) is 3. The van der Waals surface area contributed by atoms with Crippen LogP contribution < -0.4 is 0 Å². The van der Waals surface area contributed by atoms with Gasteiger partial charge in [-0.1, -0.05) is 11.6 Å². The molecular weight excluding hydrogens is 254 g/mol. The average molecular weight is 270 g/mol. The van der Waals surface area contributed by atoms with Gasteiger partial charge in [0.2, 0.25) is 0 Å². The molecule has 1 aromatic rings. The average Bonchev–Trinajstić information content (AvgIpc) is 2.37. The topological polar surface area (TPSA) is 55.3 Å². The minimum atomic E-state index is -0.507. The zero-order valence-electron chi connectivity index (χ0n) is 10.5. The number of hydrogen-bond acceptors (Lipinski definition) is 5. The Bertz CT molecular complexity index is 453. The molecule has 0 aromatic carbocycles. The monoisotopic (exact) mass is 269 g/mol. The second kappa shape index (κ2) is 5.63. The number of carbonyl (C=O) groups excluding carboxylic acids is 1. The first-order valence-electron chi connectivity index (χ1n) is 5.91. The molecule has 0 radical (unpaired) electrons. The van der Waals surface area contributed by atoms with E-state index in [1.165, 1.54) is 13.3 Å². The molecule has 98 valence electrons. The summed E-state index contributed by atoms with van der Waals surface area (Å²) in [4.78, 5) is 22.1. The van der Waals surface area contributed by atoms with Crippen LogP contribution in [-0.4, -0.2) is 48.1 Å². The number of hydrogen-bond donors (Lipinski definition) is 0. The molecule has 0 bridgehead atoms. The highest BCUT2D eigenvalue weighted by molar-refractivity contribution is 6.32. The van der Waals surface area contributed by atoms with Crippen LogP contribution in [0.4, 0.5) is 0 Å². The number of piperidine rings is 1. The Morgan fingerprint density at radius 2 is 2.39 bits per heavy atom. The number of rotatable bonds is 2. The van der Waals surface area contributed by atoms with Gasteiger partial charge in [0, 0.05) is 18.7 Å². The van der Waals surface area contributed by atoms with E-state index >= 15 is 0 Å². The summed E-state index contributed by atoms with van der Waals surface area (Å²) in [5.74, 6) is 0.486. The van der Waals surface area contributed by atoms with Crippen molar-refractivity contribution in [1.29, 1.82) is 0 Å². The van der Waals surface area contributed by atoms with Gasteiger partial charge in [-0.05, 0) is 26.4 Å². The Morgan fingerprint density at radius 1 is 1.61 bits per heavy atom. The lowest BCUT2D eigenvalue weighted by Gasteiger charge is -2.28. The number of ether oxygens (including phenoxy) is 1. The standard InChI is InChI=1S/C12H16ClN3O2/c1-16-5-3-4-8(7-16)11-14-6-9(10(13)15-11)12(17)18-2/h6,8H,3-5,7H2,1-2H3. The van der Waals surface area contributed by atoms with Crippen LogP contribution in [-0.2, 0) is 4.74 Å². The van der Waals surface area contributed by atoms with Crippen molar-refractivity contribution in [3.63, 3.8) is 0 Å². The van der Waals surface area contributed by atoms with Gasteiger partial charge in [-0.15, -0.1) is 0 Å². The number of aromatic nitrogens is 2. The molecule has 1 saturated heterocycles. The molecule has 6 heteroatoms. The first kappa shape index (κ1) is 13.2. The Morgan fingerprint density at radius 3 is 3.00 bits per heavy atom. The summed E-state index contributed by atoms with van der Waals surface area (Å²) in [6.07, 6.45) is 3.63. The second-order valence-corrected chi connectivity index (χ2v) is 4.88. The van der Waals surface area contributed by atoms with Crippen molar-refractivity contribution in [3.8, 4) is 0 Å². The molecule has 1 atom stereocenters. The maximum Gasteiger partial charge on any atom is 0.342 e. The van der Waals surface area contributed by atoms with Crippen molar-refractivity contribution in [1.82, 2.24) is 14.9 Å². The van der Waals surface area contributed by atoms with Gasteiger partial charge in [-0.3, -0.25) is 0 Å². The lowest BCUT2D eigenvalue weighted by molar-refractivity contribution is 0.0600. The molecule has 1 aromatic heterocycles. The van der Waals surface area contributed by atoms with Crippen LogP contribution in [0.15, 0.2) is 6.20 Å². The molecular formula is C12H16ClN3O2. The number of carbonyl (C=O) groups is 1. The summed E-state index contributed by atoms with van der Waals surface area (Å²) >= 11 is 5.99. The predicted octanol–water partition coefficient (Wildman–Crippen LogP) is 1.73. The summed E-state index contributed by atoms with van der Waals surface area (Å²) < 4.78 is 4.61. The molecule has 0 spiro atoms. The van der Waals surface area contributed by atoms with E-state index in [9.17, 15) is 4.79 Å². The lowest BCUT2D eigenvalue weighted by Crippen LogP contribution is -2.31. The van der Waals surface area contributed by atoms with Crippen molar-refractivity contribution in [3.05, 3.63) is 22.7 Å². The molecule has 1 unspecified atom stereocenters. The molecule has 0 saturated carbocycles. The summed E-state index contributed by atoms with van der Waals surface area (Å²) in [6, 6.07) is 0. The third-order valence-corrected chi connectivity index (χ3v) is 3.44. The normalized spacial score (nSPS) is 20.7. The van der Waals surface area contributed by atoms with Gasteiger partial charge in [0.15, 0.2) is 0 Å². The smallest absolute Gasteiger partial charge is 0.342 e. The van der Waals surface area contributed by atoms with Crippen LogP contribution in [0.2, 0.25) is 5.15 Å². The fourth-order valence-corrected chi connectivity index (χ4v) is 2.41.